The van der Waals surface area contributed by atoms with E-state index in [0.29, 0.717) is 36.9 Å². The van der Waals surface area contributed by atoms with Gasteiger partial charge in [0.25, 0.3) is 0 Å². The molecule has 1 aromatic carbocycles. The summed E-state index contributed by atoms with van der Waals surface area (Å²) in [6, 6.07) is 12.0. The minimum atomic E-state index is -2.44. The van der Waals surface area contributed by atoms with Gasteiger partial charge in [-0.15, -0.1) is 0 Å². The van der Waals surface area contributed by atoms with Gasteiger partial charge in [-0.2, -0.15) is 0 Å². The first-order valence-corrected chi connectivity index (χ1v) is 9.42. The number of halogens is 2. The molecule has 2 nitrogen and oxygen atoms in total. The molecular formula is C20H27F2NO. The highest BCUT2D eigenvalue weighted by atomic mass is 19.3. The van der Waals surface area contributed by atoms with Crippen LogP contribution in [0.4, 0.5) is 8.78 Å². The third-order valence-electron chi connectivity index (χ3n) is 6.09. The molecule has 132 valence electrons. The monoisotopic (exact) mass is 335 g/mol. The molecule has 0 amide bonds. The zero-order valence-electron chi connectivity index (χ0n) is 14.2. The van der Waals surface area contributed by atoms with E-state index in [9.17, 15) is 8.78 Å². The summed E-state index contributed by atoms with van der Waals surface area (Å²) in [5.41, 5.74) is 1.40. The van der Waals surface area contributed by atoms with Crippen molar-refractivity contribution in [2.24, 2.45) is 0 Å². The number of hydrogen-bond donors (Lipinski definition) is 0. The van der Waals surface area contributed by atoms with Crippen LogP contribution in [-0.2, 0) is 4.74 Å². The van der Waals surface area contributed by atoms with Crippen molar-refractivity contribution >= 4 is 0 Å². The predicted octanol–water partition coefficient (Wildman–Crippen LogP) is 4.60. The lowest BCUT2D eigenvalue weighted by atomic mass is 9.89. The van der Waals surface area contributed by atoms with Crippen LogP contribution in [0.25, 0.3) is 0 Å². The Morgan fingerprint density at radius 3 is 2.21 bits per heavy atom. The zero-order chi connectivity index (χ0) is 16.6. The van der Waals surface area contributed by atoms with Gasteiger partial charge < -0.3 is 4.74 Å². The fourth-order valence-corrected chi connectivity index (χ4v) is 4.72. The predicted molar refractivity (Wildman–Crippen MR) is 90.5 cm³/mol. The van der Waals surface area contributed by atoms with Gasteiger partial charge in [0.15, 0.2) is 0 Å². The molecule has 2 saturated carbocycles. The molecule has 3 aliphatic rings. The molecule has 0 bridgehead atoms. The lowest BCUT2D eigenvalue weighted by Crippen LogP contribution is -2.49. The Labute approximate surface area is 143 Å². The van der Waals surface area contributed by atoms with Crippen molar-refractivity contribution in [2.75, 3.05) is 13.2 Å². The van der Waals surface area contributed by atoms with Crippen LogP contribution in [0.3, 0.4) is 0 Å². The highest BCUT2D eigenvalue weighted by molar-refractivity contribution is 5.28. The Morgan fingerprint density at radius 1 is 0.917 bits per heavy atom. The molecule has 0 N–H and O–H groups in total. The summed E-state index contributed by atoms with van der Waals surface area (Å²) in [5, 5.41) is 0. The van der Waals surface area contributed by atoms with Crippen molar-refractivity contribution in [3.05, 3.63) is 35.9 Å². The Hall–Kier alpha value is -1.00. The second-order valence-electron chi connectivity index (χ2n) is 7.70. The molecule has 1 aromatic rings. The van der Waals surface area contributed by atoms with E-state index in [1.165, 1.54) is 12.0 Å². The number of benzene rings is 1. The Balaban J connectivity index is 1.49. The molecule has 4 heteroatoms. The van der Waals surface area contributed by atoms with E-state index in [2.05, 4.69) is 35.2 Å². The van der Waals surface area contributed by atoms with Gasteiger partial charge in [0.05, 0.1) is 0 Å². The Bertz CT molecular complexity index is 534. The van der Waals surface area contributed by atoms with Crippen LogP contribution in [-0.4, -0.2) is 42.2 Å². The maximum Gasteiger partial charge on any atom is 0.248 e. The van der Waals surface area contributed by atoms with Crippen LogP contribution >= 0.6 is 0 Å². The fourth-order valence-electron chi connectivity index (χ4n) is 4.72. The first-order chi connectivity index (χ1) is 11.6. The van der Waals surface area contributed by atoms with E-state index >= 15 is 0 Å². The van der Waals surface area contributed by atoms with Gasteiger partial charge in [-0.1, -0.05) is 30.3 Å². The summed E-state index contributed by atoms with van der Waals surface area (Å²) in [5.74, 6) is -1.86. The minimum Gasteiger partial charge on any atom is -0.381 e. The van der Waals surface area contributed by atoms with Gasteiger partial charge in [-0.05, 0) is 37.7 Å². The van der Waals surface area contributed by atoms with Crippen LogP contribution in [0.15, 0.2) is 30.3 Å². The van der Waals surface area contributed by atoms with Gasteiger partial charge in [0.1, 0.15) is 0 Å². The van der Waals surface area contributed by atoms with Crippen molar-refractivity contribution < 1.29 is 13.5 Å². The number of nitrogens with zero attached hydrogens (tertiary/aromatic N) is 1. The van der Waals surface area contributed by atoms with Gasteiger partial charge in [-0.25, -0.2) is 8.78 Å². The van der Waals surface area contributed by atoms with Crippen LogP contribution < -0.4 is 0 Å². The van der Waals surface area contributed by atoms with E-state index in [4.69, 9.17) is 4.74 Å². The molecule has 0 spiro atoms. The zero-order valence-corrected chi connectivity index (χ0v) is 14.2. The largest absolute Gasteiger partial charge is 0.381 e. The molecule has 1 saturated heterocycles. The topological polar surface area (TPSA) is 12.5 Å². The third kappa shape index (κ3) is 3.50. The second kappa shape index (κ2) is 6.72. The molecule has 0 aromatic heterocycles. The third-order valence-corrected chi connectivity index (χ3v) is 6.09. The first kappa shape index (κ1) is 16.5. The van der Waals surface area contributed by atoms with Crippen LogP contribution in [0.1, 0.15) is 56.4 Å². The smallest absolute Gasteiger partial charge is 0.248 e. The normalized spacial score (nSPS) is 31.3. The molecule has 2 aliphatic carbocycles. The molecule has 0 unspecified atom stereocenters. The standard InChI is InChI=1S/C20H27F2NO/c21-20(22)10-6-16(7-11-20)23(17-8-12-24-13-9-17)19-14-18(19)15-4-2-1-3-5-15/h1-5,16-19H,6-14H2/t18-,19+/m0/s1. The van der Waals surface area contributed by atoms with Crippen molar-refractivity contribution in [3.8, 4) is 0 Å². The van der Waals surface area contributed by atoms with Gasteiger partial charge in [0, 0.05) is 50.1 Å². The van der Waals surface area contributed by atoms with Gasteiger partial charge in [0.2, 0.25) is 5.92 Å². The first-order valence-electron chi connectivity index (χ1n) is 9.42. The van der Waals surface area contributed by atoms with E-state index in [0.717, 1.165) is 26.1 Å². The number of alkyl halides is 2. The average molecular weight is 335 g/mol. The number of rotatable bonds is 4. The number of ether oxygens (including phenoxy) is 1. The van der Waals surface area contributed by atoms with Crippen molar-refractivity contribution in [2.45, 2.75) is 74.9 Å². The van der Waals surface area contributed by atoms with E-state index in [-0.39, 0.29) is 12.8 Å². The lowest BCUT2D eigenvalue weighted by molar-refractivity contribution is -0.0682. The van der Waals surface area contributed by atoms with Crippen LogP contribution in [0.2, 0.25) is 0 Å². The van der Waals surface area contributed by atoms with Gasteiger partial charge >= 0.3 is 0 Å². The van der Waals surface area contributed by atoms with E-state index in [1.807, 2.05) is 0 Å². The molecule has 0 radical (unpaired) electrons. The molecular weight excluding hydrogens is 308 g/mol. The minimum absolute atomic E-state index is 0.0557. The summed E-state index contributed by atoms with van der Waals surface area (Å²) in [7, 11) is 0. The summed E-state index contributed by atoms with van der Waals surface area (Å²) in [4.78, 5) is 2.63. The van der Waals surface area contributed by atoms with E-state index < -0.39 is 5.92 Å². The summed E-state index contributed by atoms with van der Waals surface area (Å²) >= 11 is 0. The molecule has 1 heterocycles. The second-order valence-corrected chi connectivity index (χ2v) is 7.70. The molecule has 3 fully saturated rings. The van der Waals surface area contributed by atoms with Crippen molar-refractivity contribution in [1.82, 2.24) is 4.90 Å². The number of hydrogen-bond acceptors (Lipinski definition) is 2. The fraction of sp³-hybridized carbons (Fsp3) is 0.700. The highest BCUT2D eigenvalue weighted by Crippen LogP contribution is 2.49. The maximum absolute atomic E-state index is 13.6. The maximum atomic E-state index is 13.6. The lowest BCUT2D eigenvalue weighted by Gasteiger charge is -2.43. The van der Waals surface area contributed by atoms with E-state index in [1.54, 1.807) is 0 Å². The summed E-state index contributed by atoms with van der Waals surface area (Å²) in [6.45, 7) is 1.62. The molecule has 1 aliphatic heterocycles. The van der Waals surface area contributed by atoms with Crippen LogP contribution in [0, 0.1) is 0 Å². The van der Waals surface area contributed by atoms with Crippen molar-refractivity contribution in [3.63, 3.8) is 0 Å². The van der Waals surface area contributed by atoms with Crippen LogP contribution in [0.5, 0.6) is 0 Å². The molecule has 2 atom stereocenters. The highest BCUT2D eigenvalue weighted by Gasteiger charge is 2.49. The molecule has 24 heavy (non-hydrogen) atoms. The SMILES string of the molecule is FC1(F)CCC(N(C2CCOCC2)[C@@H]2C[C@H]2c2ccccc2)CC1. The molecule has 4 rings (SSSR count). The van der Waals surface area contributed by atoms with Gasteiger partial charge in [-0.3, -0.25) is 4.90 Å². The quantitative estimate of drug-likeness (QED) is 0.797. The Kier molecular flexibility index (Phi) is 4.61. The van der Waals surface area contributed by atoms with Crippen molar-refractivity contribution in [1.29, 1.82) is 0 Å². The average Bonchev–Trinajstić information content (AvgIpc) is 3.39. The summed E-state index contributed by atoms with van der Waals surface area (Å²) < 4.78 is 32.7. The summed E-state index contributed by atoms with van der Waals surface area (Å²) in [6.07, 6.45) is 4.66. The Morgan fingerprint density at radius 2 is 1.54 bits per heavy atom.